The molecule has 0 fully saturated rings. The molecule has 0 aliphatic carbocycles. The summed E-state index contributed by atoms with van der Waals surface area (Å²) in [6.45, 7) is 0. The van der Waals surface area contributed by atoms with Gasteiger partial charge in [-0.1, -0.05) is 23.7 Å². The number of aliphatic imine (C=N–C) groups is 1. The summed E-state index contributed by atoms with van der Waals surface area (Å²) in [6, 6.07) is 12.0. The molecule has 0 unspecified atom stereocenters. The molecule has 0 bridgehead atoms. The SMILES string of the molecule is COc1cc(OC)cc(C(=O)N=Cc2ccc(Cl)cc2)c1. The van der Waals surface area contributed by atoms with E-state index in [0.717, 1.165) is 5.56 Å². The second kappa shape index (κ2) is 6.90. The van der Waals surface area contributed by atoms with E-state index in [1.807, 2.05) is 0 Å². The molecule has 2 aromatic carbocycles. The average molecular weight is 304 g/mol. The van der Waals surface area contributed by atoms with Gasteiger partial charge in [0.15, 0.2) is 0 Å². The summed E-state index contributed by atoms with van der Waals surface area (Å²) in [5.74, 6) is 0.709. The van der Waals surface area contributed by atoms with E-state index in [4.69, 9.17) is 21.1 Å². The Kier molecular flexibility index (Phi) is 4.95. The van der Waals surface area contributed by atoms with Crippen molar-refractivity contribution in [3.05, 3.63) is 58.6 Å². The van der Waals surface area contributed by atoms with Crippen molar-refractivity contribution in [2.24, 2.45) is 4.99 Å². The molecule has 0 heterocycles. The highest BCUT2D eigenvalue weighted by Gasteiger charge is 2.08. The van der Waals surface area contributed by atoms with Crippen LogP contribution in [-0.2, 0) is 0 Å². The maximum atomic E-state index is 12.1. The Morgan fingerprint density at radius 1 is 1.05 bits per heavy atom. The molecule has 21 heavy (non-hydrogen) atoms. The molecule has 0 saturated carbocycles. The second-order valence-electron chi connectivity index (χ2n) is 4.22. The van der Waals surface area contributed by atoms with Crippen LogP contribution < -0.4 is 9.47 Å². The van der Waals surface area contributed by atoms with Crippen molar-refractivity contribution in [1.29, 1.82) is 0 Å². The highest BCUT2D eigenvalue weighted by molar-refractivity contribution is 6.30. The van der Waals surface area contributed by atoms with Crippen molar-refractivity contribution in [3.8, 4) is 11.5 Å². The third kappa shape index (κ3) is 4.07. The predicted molar refractivity (Wildman–Crippen MR) is 82.9 cm³/mol. The van der Waals surface area contributed by atoms with Crippen molar-refractivity contribution in [3.63, 3.8) is 0 Å². The van der Waals surface area contributed by atoms with Gasteiger partial charge >= 0.3 is 0 Å². The molecule has 2 aromatic rings. The van der Waals surface area contributed by atoms with E-state index in [0.29, 0.717) is 22.1 Å². The molecule has 0 spiro atoms. The number of hydrogen-bond acceptors (Lipinski definition) is 3. The largest absolute Gasteiger partial charge is 0.497 e. The van der Waals surface area contributed by atoms with Gasteiger partial charge in [0.2, 0.25) is 0 Å². The van der Waals surface area contributed by atoms with Crippen LogP contribution in [0, 0.1) is 0 Å². The fourth-order valence-electron chi connectivity index (χ4n) is 1.69. The van der Waals surface area contributed by atoms with Gasteiger partial charge in [0, 0.05) is 22.9 Å². The lowest BCUT2D eigenvalue weighted by atomic mass is 10.2. The first-order valence-corrected chi connectivity index (χ1v) is 6.57. The molecular weight excluding hydrogens is 290 g/mol. The smallest absolute Gasteiger partial charge is 0.277 e. The first kappa shape index (κ1) is 15.1. The van der Waals surface area contributed by atoms with Crippen LogP contribution >= 0.6 is 11.6 Å². The van der Waals surface area contributed by atoms with Crippen molar-refractivity contribution >= 4 is 23.7 Å². The van der Waals surface area contributed by atoms with Gasteiger partial charge < -0.3 is 9.47 Å². The summed E-state index contributed by atoms with van der Waals surface area (Å²) in [5, 5.41) is 0.635. The van der Waals surface area contributed by atoms with E-state index in [1.165, 1.54) is 20.4 Å². The lowest BCUT2D eigenvalue weighted by molar-refractivity contribution is 0.100. The normalized spacial score (nSPS) is 10.6. The van der Waals surface area contributed by atoms with E-state index in [-0.39, 0.29) is 5.91 Å². The Morgan fingerprint density at radius 3 is 2.14 bits per heavy atom. The number of carbonyl (C=O) groups excluding carboxylic acids is 1. The van der Waals surface area contributed by atoms with Crippen LogP contribution in [0.1, 0.15) is 15.9 Å². The minimum absolute atomic E-state index is 0.373. The molecule has 1 amide bonds. The molecule has 0 saturated heterocycles. The van der Waals surface area contributed by atoms with Crippen LogP contribution in [-0.4, -0.2) is 26.3 Å². The monoisotopic (exact) mass is 303 g/mol. The number of amides is 1. The molecule has 5 heteroatoms. The topological polar surface area (TPSA) is 47.9 Å². The van der Waals surface area contributed by atoms with Crippen LogP contribution in [0.5, 0.6) is 11.5 Å². The molecule has 0 aliphatic rings. The quantitative estimate of drug-likeness (QED) is 0.811. The number of nitrogens with zero attached hydrogens (tertiary/aromatic N) is 1. The zero-order chi connectivity index (χ0) is 15.2. The summed E-state index contributed by atoms with van der Waals surface area (Å²) in [4.78, 5) is 16.0. The third-order valence-electron chi connectivity index (χ3n) is 2.80. The minimum atomic E-state index is -0.373. The molecule has 0 radical (unpaired) electrons. The first-order valence-electron chi connectivity index (χ1n) is 6.19. The summed E-state index contributed by atoms with van der Waals surface area (Å²) in [5.41, 5.74) is 1.19. The Morgan fingerprint density at radius 2 is 1.62 bits per heavy atom. The molecule has 2 rings (SSSR count). The van der Waals surface area contributed by atoms with Gasteiger partial charge in [-0.25, -0.2) is 4.99 Å². The van der Waals surface area contributed by atoms with Gasteiger partial charge in [0.05, 0.1) is 14.2 Å². The van der Waals surface area contributed by atoms with Crippen LogP contribution in [0.3, 0.4) is 0 Å². The standard InChI is InChI=1S/C16H14ClNO3/c1-20-14-7-12(8-15(9-14)21-2)16(19)18-10-11-3-5-13(17)6-4-11/h3-10H,1-2H3. The van der Waals surface area contributed by atoms with Crippen molar-refractivity contribution in [2.45, 2.75) is 0 Å². The Bertz CT molecular complexity index is 643. The molecule has 0 aromatic heterocycles. The highest BCUT2D eigenvalue weighted by atomic mass is 35.5. The third-order valence-corrected chi connectivity index (χ3v) is 3.05. The number of benzene rings is 2. The van der Waals surface area contributed by atoms with E-state index in [1.54, 1.807) is 42.5 Å². The van der Waals surface area contributed by atoms with E-state index < -0.39 is 0 Å². The lowest BCUT2D eigenvalue weighted by Gasteiger charge is -2.06. The second-order valence-corrected chi connectivity index (χ2v) is 4.65. The summed E-state index contributed by atoms with van der Waals surface area (Å²) < 4.78 is 10.2. The van der Waals surface area contributed by atoms with Crippen molar-refractivity contribution in [2.75, 3.05) is 14.2 Å². The fraction of sp³-hybridized carbons (Fsp3) is 0.125. The Hall–Kier alpha value is -2.33. The molecule has 0 N–H and O–H groups in total. The van der Waals surface area contributed by atoms with Crippen LogP contribution in [0.15, 0.2) is 47.5 Å². The maximum Gasteiger partial charge on any atom is 0.277 e. The molecule has 0 aliphatic heterocycles. The van der Waals surface area contributed by atoms with Crippen LogP contribution in [0.2, 0.25) is 5.02 Å². The molecule has 4 nitrogen and oxygen atoms in total. The number of halogens is 1. The highest BCUT2D eigenvalue weighted by Crippen LogP contribution is 2.23. The van der Waals surface area contributed by atoms with Crippen LogP contribution in [0.25, 0.3) is 0 Å². The summed E-state index contributed by atoms with van der Waals surface area (Å²) >= 11 is 5.80. The van der Waals surface area contributed by atoms with Gasteiger partial charge in [0.1, 0.15) is 11.5 Å². The van der Waals surface area contributed by atoms with Gasteiger partial charge in [-0.05, 0) is 29.8 Å². The Labute approximate surface area is 128 Å². The maximum absolute atomic E-state index is 12.1. The lowest BCUT2D eigenvalue weighted by Crippen LogP contribution is -1.98. The summed E-state index contributed by atoms with van der Waals surface area (Å²) in [7, 11) is 3.06. The number of methoxy groups -OCH3 is 2. The number of hydrogen-bond donors (Lipinski definition) is 0. The van der Waals surface area contributed by atoms with Crippen LogP contribution in [0.4, 0.5) is 0 Å². The first-order chi connectivity index (χ1) is 10.1. The number of rotatable bonds is 4. The van der Waals surface area contributed by atoms with E-state index in [9.17, 15) is 4.79 Å². The zero-order valence-electron chi connectivity index (χ0n) is 11.7. The average Bonchev–Trinajstić information content (AvgIpc) is 2.53. The number of carbonyl (C=O) groups is 1. The molecule has 0 atom stereocenters. The molecule has 108 valence electrons. The van der Waals surface area contributed by atoms with Gasteiger partial charge in [-0.3, -0.25) is 4.79 Å². The number of ether oxygens (including phenoxy) is 2. The van der Waals surface area contributed by atoms with Gasteiger partial charge in [0.25, 0.3) is 5.91 Å². The van der Waals surface area contributed by atoms with Crippen molar-refractivity contribution < 1.29 is 14.3 Å². The molecular formula is C16H14ClNO3. The zero-order valence-corrected chi connectivity index (χ0v) is 12.4. The van der Waals surface area contributed by atoms with Crippen molar-refractivity contribution in [1.82, 2.24) is 0 Å². The minimum Gasteiger partial charge on any atom is -0.497 e. The van der Waals surface area contributed by atoms with E-state index >= 15 is 0 Å². The fourth-order valence-corrected chi connectivity index (χ4v) is 1.81. The predicted octanol–water partition coefficient (Wildman–Crippen LogP) is 3.62. The van der Waals surface area contributed by atoms with E-state index in [2.05, 4.69) is 4.99 Å². The summed E-state index contributed by atoms with van der Waals surface area (Å²) in [6.07, 6.45) is 1.49. The Balaban J connectivity index is 2.21. The van der Waals surface area contributed by atoms with Gasteiger partial charge in [-0.2, -0.15) is 0 Å². The van der Waals surface area contributed by atoms with Gasteiger partial charge in [-0.15, -0.1) is 0 Å².